The third kappa shape index (κ3) is 46.0. The molecule has 0 radical (unpaired) electrons. The average Bonchev–Trinajstić information content (AvgIpc) is 3.22. The first-order valence-electron chi connectivity index (χ1n) is 24.5. The number of ether oxygens (including phenoxy) is 3. The summed E-state index contributed by atoms with van der Waals surface area (Å²) >= 11 is 0. The Morgan fingerprint density at radius 3 is 1.17 bits per heavy atom. The van der Waals surface area contributed by atoms with Crippen LogP contribution < -0.4 is 0 Å². The van der Waals surface area contributed by atoms with Crippen molar-refractivity contribution in [1.82, 2.24) is 0 Å². The van der Waals surface area contributed by atoms with Crippen molar-refractivity contribution in [1.29, 1.82) is 0 Å². The smallest absolute Gasteiger partial charge is 0.306 e. The lowest BCUT2D eigenvalue weighted by atomic mass is 10.0. The van der Waals surface area contributed by atoms with Crippen LogP contribution in [0.15, 0.2) is 72.9 Å². The summed E-state index contributed by atoms with van der Waals surface area (Å²) in [6, 6.07) is 0. The summed E-state index contributed by atoms with van der Waals surface area (Å²) in [6.45, 7) is 7.55. The van der Waals surface area contributed by atoms with E-state index in [-0.39, 0.29) is 25.2 Å². The van der Waals surface area contributed by atoms with Crippen molar-refractivity contribution >= 4 is 11.9 Å². The summed E-state index contributed by atoms with van der Waals surface area (Å²) in [5, 5.41) is 0. The minimum absolute atomic E-state index is 0.0630. The quantitative estimate of drug-likeness (QED) is 0.0348. The molecular formula is C53H92O5. The van der Waals surface area contributed by atoms with E-state index in [0.29, 0.717) is 19.4 Å². The minimum Gasteiger partial charge on any atom is -0.462 e. The first kappa shape index (κ1) is 55.3. The van der Waals surface area contributed by atoms with Gasteiger partial charge in [0.2, 0.25) is 0 Å². The van der Waals surface area contributed by atoms with E-state index in [0.717, 1.165) is 83.5 Å². The molecule has 0 bridgehead atoms. The molecule has 0 aromatic rings. The van der Waals surface area contributed by atoms with E-state index in [9.17, 15) is 9.59 Å². The van der Waals surface area contributed by atoms with Crippen LogP contribution in [0.1, 0.15) is 226 Å². The molecule has 58 heavy (non-hydrogen) atoms. The van der Waals surface area contributed by atoms with Crippen molar-refractivity contribution in [2.24, 2.45) is 0 Å². The predicted octanol–water partition coefficient (Wildman–Crippen LogP) is 16.3. The van der Waals surface area contributed by atoms with Gasteiger partial charge in [0.25, 0.3) is 0 Å². The van der Waals surface area contributed by atoms with E-state index < -0.39 is 6.10 Å². The fourth-order valence-electron chi connectivity index (χ4n) is 6.64. The van der Waals surface area contributed by atoms with Crippen molar-refractivity contribution in [3.8, 4) is 0 Å². The number of unbranched alkanes of at least 4 members (excludes halogenated alkanes) is 21. The zero-order valence-electron chi connectivity index (χ0n) is 38.3. The van der Waals surface area contributed by atoms with E-state index in [1.807, 2.05) is 0 Å². The Labute approximate surface area is 359 Å². The Bertz CT molecular complexity index is 1050. The highest BCUT2D eigenvalue weighted by Crippen LogP contribution is 2.15. The monoisotopic (exact) mass is 809 g/mol. The van der Waals surface area contributed by atoms with Gasteiger partial charge in [-0.1, -0.05) is 222 Å². The average molecular weight is 809 g/mol. The van der Waals surface area contributed by atoms with Gasteiger partial charge in [0.15, 0.2) is 6.10 Å². The highest BCUT2D eigenvalue weighted by atomic mass is 16.6. The molecule has 0 aliphatic carbocycles. The van der Waals surface area contributed by atoms with E-state index in [4.69, 9.17) is 14.2 Å². The molecule has 0 fully saturated rings. The van der Waals surface area contributed by atoms with Gasteiger partial charge in [0.1, 0.15) is 6.61 Å². The third-order valence-corrected chi connectivity index (χ3v) is 10.3. The van der Waals surface area contributed by atoms with Gasteiger partial charge in [-0.15, -0.1) is 0 Å². The summed E-state index contributed by atoms with van der Waals surface area (Å²) in [5.74, 6) is -0.431. The number of rotatable bonds is 44. The topological polar surface area (TPSA) is 61.8 Å². The fourth-order valence-corrected chi connectivity index (χ4v) is 6.64. The summed E-state index contributed by atoms with van der Waals surface area (Å²) in [7, 11) is 0. The van der Waals surface area contributed by atoms with Crippen LogP contribution in [0.25, 0.3) is 0 Å². The molecule has 0 saturated carbocycles. The number of allylic oxidation sites excluding steroid dienone is 12. The van der Waals surface area contributed by atoms with Crippen LogP contribution in [0.5, 0.6) is 0 Å². The van der Waals surface area contributed by atoms with Gasteiger partial charge in [-0.05, 0) is 64.2 Å². The molecule has 1 unspecified atom stereocenters. The van der Waals surface area contributed by atoms with E-state index in [1.54, 1.807) is 0 Å². The molecule has 5 nitrogen and oxygen atoms in total. The maximum absolute atomic E-state index is 12.6. The lowest BCUT2D eigenvalue weighted by Crippen LogP contribution is -2.30. The molecule has 0 aliphatic heterocycles. The lowest BCUT2D eigenvalue weighted by molar-refractivity contribution is -0.163. The Morgan fingerprint density at radius 2 is 0.759 bits per heavy atom. The molecular weight excluding hydrogens is 717 g/mol. The summed E-state index contributed by atoms with van der Waals surface area (Å²) < 4.78 is 17.2. The van der Waals surface area contributed by atoms with Crippen LogP contribution in [0.4, 0.5) is 0 Å². The Morgan fingerprint density at radius 1 is 0.397 bits per heavy atom. The van der Waals surface area contributed by atoms with E-state index in [2.05, 4.69) is 93.7 Å². The zero-order valence-corrected chi connectivity index (χ0v) is 38.3. The standard InChI is InChI=1S/C53H92O5/c1-4-7-10-13-16-18-20-22-24-25-26-27-28-30-32-34-36-39-42-45-48-56-49-51(58-53(55)47-44-41-37-15-12-9-6-3)50-57-52(54)46-43-40-38-35-33-31-29-23-21-19-17-14-11-8-5-2/h7,10,16,18,22,24,26-27,30,32,36,39,51H,4-6,8-9,11-15,17,19-21,23,25,28-29,31,33-35,37-38,40-50H2,1-3H3/b10-7-,18-16-,24-22-,27-26-,32-30-,39-36-. The molecule has 0 heterocycles. The number of hydrogen-bond donors (Lipinski definition) is 0. The third-order valence-electron chi connectivity index (χ3n) is 10.3. The van der Waals surface area contributed by atoms with E-state index >= 15 is 0 Å². The number of esters is 2. The fraction of sp³-hybridized carbons (Fsp3) is 0.736. The van der Waals surface area contributed by atoms with Gasteiger partial charge in [0.05, 0.1) is 6.61 Å². The van der Waals surface area contributed by atoms with Gasteiger partial charge in [-0.2, -0.15) is 0 Å². The molecule has 1 atom stereocenters. The SMILES string of the molecule is CC/C=C\C/C=C\C/C=C\C/C=C\C/C=C\C/C=C\CCCOCC(COC(=O)CCCCCCCCCCCCCCCCC)OC(=O)CCCCCCCCC. The molecule has 0 rings (SSSR count). The molecule has 334 valence electrons. The van der Waals surface area contributed by atoms with Crippen molar-refractivity contribution in [3.63, 3.8) is 0 Å². The predicted molar refractivity (Wildman–Crippen MR) is 251 cm³/mol. The minimum atomic E-state index is -0.562. The van der Waals surface area contributed by atoms with Gasteiger partial charge in [-0.25, -0.2) is 0 Å². The van der Waals surface area contributed by atoms with Crippen molar-refractivity contribution < 1.29 is 23.8 Å². The summed E-state index contributed by atoms with van der Waals surface area (Å²) in [4.78, 5) is 25.2. The molecule has 0 aliphatic rings. The molecule has 0 saturated heterocycles. The normalized spacial score (nSPS) is 12.8. The Kier molecular flexibility index (Phi) is 46.5. The number of carbonyl (C=O) groups is 2. The highest BCUT2D eigenvalue weighted by Gasteiger charge is 2.17. The highest BCUT2D eigenvalue weighted by molar-refractivity contribution is 5.70. The molecule has 0 N–H and O–H groups in total. The largest absolute Gasteiger partial charge is 0.462 e. The van der Waals surface area contributed by atoms with Crippen molar-refractivity contribution in [3.05, 3.63) is 72.9 Å². The van der Waals surface area contributed by atoms with Crippen molar-refractivity contribution in [2.45, 2.75) is 232 Å². The summed E-state index contributed by atoms with van der Waals surface area (Å²) in [5.41, 5.74) is 0. The Balaban J connectivity index is 4.23. The second-order valence-electron chi connectivity index (χ2n) is 16.0. The number of carbonyl (C=O) groups excluding carboxylic acids is 2. The van der Waals surface area contributed by atoms with Gasteiger partial charge >= 0.3 is 11.9 Å². The molecule has 0 aromatic carbocycles. The first-order valence-corrected chi connectivity index (χ1v) is 24.5. The Hall–Kier alpha value is -2.66. The van der Waals surface area contributed by atoms with Crippen LogP contribution in [-0.4, -0.2) is 37.9 Å². The van der Waals surface area contributed by atoms with Crippen LogP contribution in [0.2, 0.25) is 0 Å². The molecule has 0 aromatic heterocycles. The lowest BCUT2D eigenvalue weighted by Gasteiger charge is -2.18. The summed E-state index contributed by atoms with van der Waals surface area (Å²) in [6.07, 6.45) is 62.1. The maximum Gasteiger partial charge on any atom is 0.306 e. The van der Waals surface area contributed by atoms with Gasteiger partial charge in [0, 0.05) is 19.4 Å². The zero-order chi connectivity index (χ0) is 42.1. The van der Waals surface area contributed by atoms with Crippen LogP contribution in [-0.2, 0) is 23.8 Å². The second-order valence-corrected chi connectivity index (χ2v) is 16.0. The molecule has 0 spiro atoms. The second kappa shape index (κ2) is 48.7. The van der Waals surface area contributed by atoms with Gasteiger partial charge in [-0.3, -0.25) is 9.59 Å². The first-order chi connectivity index (χ1) is 28.6. The number of hydrogen-bond acceptors (Lipinski definition) is 5. The van der Waals surface area contributed by atoms with Crippen LogP contribution >= 0.6 is 0 Å². The van der Waals surface area contributed by atoms with Gasteiger partial charge < -0.3 is 14.2 Å². The van der Waals surface area contributed by atoms with Crippen LogP contribution in [0.3, 0.4) is 0 Å². The molecule has 5 heteroatoms. The van der Waals surface area contributed by atoms with Crippen molar-refractivity contribution in [2.75, 3.05) is 19.8 Å². The molecule has 0 amide bonds. The van der Waals surface area contributed by atoms with Crippen LogP contribution in [0, 0.1) is 0 Å². The van der Waals surface area contributed by atoms with E-state index in [1.165, 1.54) is 109 Å². The maximum atomic E-state index is 12.6.